The summed E-state index contributed by atoms with van der Waals surface area (Å²) in [6, 6.07) is 1.59. The second kappa shape index (κ2) is 6.18. The third kappa shape index (κ3) is 2.98. The smallest absolute Gasteiger partial charge is 0.326 e. The molecule has 1 aromatic heterocycles. The number of amides is 1. The van der Waals surface area contributed by atoms with E-state index in [1.54, 1.807) is 16.2 Å². The number of fused-ring (bicyclic) bond motifs is 1. The van der Waals surface area contributed by atoms with Gasteiger partial charge in [-0.25, -0.2) is 4.79 Å². The minimum Gasteiger partial charge on any atom is -0.480 e. The van der Waals surface area contributed by atoms with Crippen LogP contribution in [-0.4, -0.2) is 34.0 Å². The molecule has 5 heteroatoms. The maximum atomic E-state index is 12.6. The summed E-state index contributed by atoms with van der Waals surface area (Å²) in [6.07, 6.45) is 6.10. The molecule has 0 aromatic carbocycles. The van der Waals surface area contributed by atoms with Crippen molar-refractivity contribution in [2.75, 3.05) is 0 Å². The topological polar surface area (TPSA) is 57.6 Å². The number of carbonyl (C=O) groups is 2. The Bertz CT molecular complexity index is 514. The van der Waals surface area contributed by atoms with Crippen molar-refractivity contribution in [3.63, 3.8) is 0 Å². The van der Waals surface area contributed by atoms with Crippen molar-refractivity contribution in [3.8, 4) is 0 Å². The van der Waals surface area contributed by atoms with Gasteiger partial charge in [-0.3, -0.25) is 4.79 Å². The average molecular weight is 307 g/mol. The number of carbonyl (C=O) groups excluding carboxylic acids is 1. The Balaban J connectivity index is 1.70. The molecule has 1 amide bonds. The molecule has 1 N–H and O–H groups in total. The van der Waals surface area contributed by atoms with E-state index < -0.39 is 12.0 Å². The van der Waals surface area contributed by atoms with Gasteiger partial charge < -0.3 is 10.0 Å². The van der Waals surface area contributed by atoms with Crippen molar-refractivity contribution in [3.05, 3.63) is 22.4 Å². The fraction of sp³-hybridized carbons (Fsp3) is 0.625. The minimum absolute atomic E-state index is 0.0167. The van der Waals surface area contributed by atoms with Gasteiger partial charge >= 0.3 is 5.97 Å². The Morgan fingerprint density at radius 2 is 2.14 bits per heavy atom. The first-order chi connectivity index (χ1) is 10.2. The molecule has 114 valence electrons. The second-order valence-electron chi connectivity index (χ2n) is 6.13. The third-order valence-corrected chi connectivity index (χ3v) is 5.60. The number of nitrogens with zero attached hydrogens (tertiary/aromatic N) is 1. The Morgan fingerprint density at radius 1 is 1.33 bits per heavy atom. The van der Waals surface area contributed by atoms with E-state index in [0.717, 1.165) is 19.3 Å². The number of carboxylic acids is 1. The average Bonchev–Trinajstić information content (AvgIpc) is 3.11. The number of carboxylic acid groups (broad SMARTS) is 1. The van der Waals surface area contributed by atoms with Crippen molar-refractivity contribution in [1.82, 2.24) is 4.90 Å². The van der Waals surface area contributed by atoms with E-state index in [2.05, 4.69) is 5.38 Å². The lowest BCUT2D eigenvalue weighted by Gasteiger charge is -2.33. The highest BCUT2D eigenvalue weighted by Gasteiger charge is 2.47. The number of aryl methyl sites for hydroxylation is 1. The molecule has 1 saturated heterocycles. The summed E-state index contributed by atoms with van der Waals surface area (Å²) in [7, 11) is 0. The van der Waals surface area contributed by atoms with Gasteiger partial charge in [0, 0.05) is 12.5 Å². The Morgan fingerprint density at radius 3 is 2.86 bits per heavy atom. The van der Waals surface area contributed by atoms with Crippen LogP contribution in [0.4, 0.5) is 0 Å². The number of rotatable bonds is 4. The molecule has 2 heterocycles. The van der Waals surface area contributed by atoms with Crippen LogP contribution in [0.3, 0.4) is 0 Å². The lowest BCUT2D eigenvalue weighted by molar-refractivity contribution is -0.149. The number of thiophene rings is 1. The SMILES string of the molecule is O=C(O)[C@@H]1C[C@H]2CCCC[C@H]2N1C(=O)CCc1ccsc1. The van der Waals surface area contributed by atoms with Crippen LogP contribution in [0.25, 0.3) is 0 Å². The van der Waals surface area contributed by atoms with E-state index in [1.807, 2.05) is 11.4 Å². The second-order valence-corrected chi connectivity index (χ2v) is 6.91. The van der Waals surface area contributed by atoms with Gasteiger partial charge in [-0.15, -0.1) is 0 Å². The summed E-state index contributed by atoms with van der Waals surface area (Å²) in [5.41, 5.74) is 1.17. The highest BCUT2D eigenvalue weighted by Crippen LogP contribution is 2.40. The van der Waals surface area contributed by atoms with Crippen LogP contribution in [-0.2, 0) is 16.0 Å². The molecule has 1 aliphatic carbocycles. The van der Waals surface area contributed by atoms with Gasteiger partial charge in [0.2, 0.25) is 5.91 Å². The quantitative estimate of drug-likeness (QED) is 0.930. The van der Waals surface area contributed by atoms with Crippen LogP contribution in [0.2, 0.25) is 0 Å². The normalized spacial score (nSPS) is 28.4. The van der Waals surface area contributed by atoms with Crippen LogP contribution in [0, 0.1) is 5.92 Å². The summed E-state index contributed by atoms with van der Waals surface area (Å²) in [5.74, 6) is -0.429. The molecule has 4 nitrogen and oxygen atoms in total. The van der Waals surface area contributed by atoms with E-state index in [1.165, 1.54) is 12.0 Å². The van der Waals surface area contributed by atoms with E-state index in [0.29, 0.717) is 25.2 Å². The molecule has 1 aliphatic heterocycles. The Hall–Kier alpha value is -1.36. The molecule has 3 rings (SSSR count). The first-order valence-corrected chi connectivity index (χ1v) is 8.66. The predicted molar refractivity (Wildman–Crippen MR) is 81.3 cm³/mol. The molecule has 1 saturated carbocycles. The lowest BCUT2D eigenvalue weighted by Crippen LogP contribution is -2.46. The van der Waals surface area contributed by atoms with E-state index >= 15 is 0 Å². The standard InChI is InChI=1S/C16H21NO3S/c18-15(6-5-11-7-8-21-10-11)17-13-4-2-1-3-12(13)9-14(17)16(19)20/h7-8,10,12-14H,1-6,9H2,(H,19,20)/t12-,13-,14+/m1/s1. The number of likely N-dealkylation sites (tertiary alicyclic amines) is 1. The molecule has 0 radical (unpaired) electrons. The van der Waals surface area contributed by atoms with E-state index in [-0.39, 0.29) is 11.9 Å². The molecular formula is C16H21NO3S. The van der Waals surface area contributed by atoms with E-state index in [4.69, 9.17) is 0 Å². The van der Waals surface area contributed by atoms with Gasteiger partial charge in [-0.05, 0) is 54.0 Å². The Kier molecular flexibility index (Phi) is 4.29. The van der Waals surface area contributed by atoms with Gasteiger partial charge in [-0.2, -0.15) is 11.3 Å². The maximum Gasteiger partial charge on any atom is 0.326 e. The van der Waals surface area contributed by atoms with Crippen LogP contribution >= 0.6 is 11.3 Å². The number of aliphatic carboxylic acids is 1. The molecule has 21 heavy (non-hydrogen) atoms. The summed E-state index contributed by atoms with van der Waals surface area (Å²) in [5, 5.41) is 13.5. The van der Waals surface area contributed by atoms with Crippen LogP contribution in [0.5, 0.6) is 0 Å². The zero-order chi connectivity index (χ0) is 14.8. The zero-order valence-corrected chi connectivity index (χ0v) is 12.8. The molecule has 0 spiro atoms. The van der Waals surface area contributed by atoms with Crippen molar-refractivity contribution in [2.24, 2.45) is 5.92 Å². The van der Waals surface area contributed by atoms with Crippen molar-refractivity contribution in [2.45, 2.75) is 57.0 Å². The van der Waals surface area contributed by atoms with Gasteiger partial charge in [-0.1, -0.05) is 12.8 Å². The zero-order valence-electron chi connectivity index (χ0n) is 12.0. The van der Waals surface area contributed by atoms with E-state index in [9.17, 15) is 14.7 Å². The molecule has 0 unspecified atom stereocenters. The minimum atomic E-state index is -0.840. The molecule has 1 aromatic rings. The highest BCUT2D eigenvalue weighted by molar-refractivity contribution is 7.07. The first kappa shape index (κ1) is 14.6. The van der Waals surface area contributed by atoms with Crippen LogP contribution < -0.4 is 0 Å². The maximum absolute atomic E-state index is 12.6. The van der Waals surface area contributed by atoms with Crippen molar-refractivity contribution >= 4 is 23.2 Å². The van der Waals surface area contributed by atoms with Gasteiger partial charge in [0.05, 0.1) is 0 Å². The summed E-state index contributed by atoms with van der Waals surface area (Å²) in [6.45, 7) is 0. The highest BCUT2D eigenvalue weighted by atomic mass is 32.1. The molecule has 0 bridgehead atoms. The fourth-order valence-corrected chi connectivity index (χ4v) is 4.56. The molecular weight excluding hydrogens is 286 g/mol. The fourth-order valence-electron chi connectivity index (χ4n) is 3.85. The summed E-state index contributed by atoms with van der Waals surface area (Å²) >= 11 is 1.63. The first-order valence-electron chi connectivity index (χ1n) is 7.72. The van der Waals surface area contributed by atoms with Gasteiger partial charge in [0.25, 0.3) is 0 Å². The number of hydrogen-bond acceptors (Lipinski definition) is 3. The third-order valence-electron chi connectivity index (χ3n) is 4.87. The van der Waals surface area contributed by atoms with Gasteiger partial charge in [0.15, 0.2) is 0 Å². The summed E-state index contributed by atoms with van der Waals surface area (Å²) < 4.78 is 0. The summed E-state index contributed by atoms with van der Waals surface area (Å²) in [4.78, 5) is 25.8. The van der Waals surface area contributed by atoms with Crippen LogP contribution in [0.15, 0.2) is 16.8 Å². The predicted octanol–water partition coefficient (Wildman–Crippen LogP) is 2.93. The lowest BCUT2D eigenvalue weighted by atomic mass is 9.84. The molecule has 3 atom stereocenters. The monoisotopic (exact) mass is 307 g/mol. The molecule has 2 aliphatic rings. The van der Waals surface area contributed by atoms with Crippen molar-refractivity contribution in [1.29, 1.82) is 0 Å². The number of hydrogen-bond donors (Lipinski definition) is 1. The van der Waals surface area contributed by atoms with Crippen molar-refractivity contribution < 1.29 is 14.7 Å². The van der Waals surface area contributed by atoms with Crippen LogP contribution in [0.1, 0.15) is 44.1 Å². The largest absolute Gasteiger partial charge is 0.480 e. The Labute approximate surface area is 128 Å². The molecule has 2 fully saturated rings. The van der Waals surface area contributed by atoms with Gasteiger partial charge in [0.1, 0.15) is 6.04 Å².